The van der Waals surface area contributed by atoms with E-state index in [-0.39, 0.29) is 23.9 Å². The molecule has 0 aliphatic heterocycles. The van der Waals surface area contributed by atoms with E-state index < -0.39 is 10.8 Å². The van der Waals surface area contributed by atoms with Crippen LogP contribution < -0.4 is 10.1 Å². The molecule has 2 aromatic heterocycles. The van der Waals surface area contributed by atoms with Crippen molar-refractivity contribution in [3.05, 3.63) is 81.9 Å². The Kier molecular flexibility index (Phi) is 6.23. The second-order valence-electron chi connectivity index (χ2n) is 6.55. The number of nitro groups is 1. The summed E-state index contributed by atoms with van der Waals surface area (Å²) in [5, 5.41) is 13.2. The largest absolute Gasteiger partial charge is 0.486 e. The second kappa shape index (κ2) is 9.01. The fraction of sp³-hybridized carbons (Fsp3) is 0.238. The molecule has 1 N–H and O–H groups in total. The number of furan rings is 1. The number of pyridine rings is 1. The van der Waals surface area contributed by atoms with Crippen molar-refractivity contribution in [2.75, 3.05) is 5.32 Å². The molecule has 8 nitrogen and oxygen atoms in total. The van der Waals surface area contributed by atoms with Gasteiger partial charge in [-0.15, -0.1) is 0 Å². The standard InChI is InChI=1S/C21H21N3O5/c1-3-14(2)15-4-7-17(8-5-15)28-13-18-9-10-19(29-18)21(25)23-20-11-6-16(12-22-20)24(26)27/h4-12,14H,3,13H2,1-2H3,(H,22,23,25)/t14-/m1/s1. The van der Waals surface area contributed by atoms with Crippen molar-refractivity contribution in [1.82, 2.24) is 4.98 Å². The predicted molar refractivity (Wildman–Crippen MR) is 107 cm³/mol. The minimum Gasteiger partial charge on any atom is -0.486 e. The van der Waals surface area contributed by atoms with Gasteiger partial charge < -0.3 is 14.5 Å². The molecule has 0 radical (unpaired) electrons. The molecule has 3 aromatic rings. The zero-order valence-electron chi connectivity index (χ0n) is 16.1. The van der Waals surface area contributed by atoms with Gasteiger partial charge in [0, 0.05) is 6.07 Å². The molecule has 1 amide bonds. The van der Waals surface area contributed by atoms with Gasteiger partial charge in [-0.25, -0.2) is 4.98 Å². The van der Waals surface area contributed by atoms with Gasteiger partial charge in [-0.05, 0) is 48.2 Å². The third-order valence-electron chi connectivity index (χ3n) is 4.53. The van der Waals surface area contributed by atoms with E-state index in [4.69, 9.17) is 9.15 Å². The predicted octanol–water partition coefficient (Wildman–Crippen LogP) is 4.93. The van der Waals surface area contributed by atoms with Crippen molar-refractivity contribution in [2.45, 2.75) is 32.8 Å². The van der Waals surface area contributed by atoms with Gasteiger partial charge in [-0.3, -0.25) is 14.9 Å². The third kappa shape index (κ3) is 5.19. The van der Waals surface area contributed by atoms with Crippen LogP contribution >= 0.6 is 0 Å². The smallest absolute Gasteiger partial charge is 0.292 e. The summed E-state index contributed by atoms with van der Waals surface area (Å²) in [7, 11) is 0. The topological polar surface area (TPSA) is 108 Å². The van der Waals surface area contributed by atoms with Gasteiger partial charge in [0.1, 0.15) is 30.1 Å². The van der Waals surface area contributed by atoms with Gasteiger partial charge in [-0.2, -0.15) is 0 Å². The molecule has 1 atom stereocenters. The van der Waals surface area contributed by atoms with Crippen LogP contribution in [-0.2, 0) is 6.61 Å². The van der Waals surface area contributed by atoms with Crippen LogP contribution in [0.4, 0.5) is 11.5 Å². The summed E-state index contributed by atoms with van der Waals surface area (Å²) in [6.45, 7) is 4.51. The summed E-state index contributed by atoms with van der Waals surface area (Å²) in [5.41, 5.74) is 1.11. The number of benzene rings is 1. The summed E-state index contributed by atoms with van der Waals surface area (Å²) < 4.78 is 11.2. The average Bonchev–Trinajstić information content (AvgIpc) is 3.22. The highest BCUT2D eigenvalue weighted by atomic mass is 16.6. The highest BCUT2D eigenvalue weighted by Crippen LogP contribution is 2.22. The number of ether oxygens (including phenoxy) is 1. The highest BCUT2D eigenvalue weighted by molar-refractivity contribution is 6.01. The minimum atomic E-state index is -0.560. The normalized spacial score (nSPS) is 11.7. The lowest BCUT2D eigenvalue weighted by atomic mass is 9.99. The summed E-state index contributed by atoms with van der Waals surface area (Å²) in [6, 6.07) is 13.7. The Hall–Kier alpha value is -3.68. The van der Waals surface area contributed by atoms with E-state index in [1.165, 1.54) is 23.8 Å². The van der Waals surface area contributed by atoms with E-state index in [2.05, 4.69) is 24.1 Å². The van der Waals surface area contributed by atoms with Crippen molar-refractivity contribution in [3.8, 4) is 5.75 Å². The van der Waals surface area contributed by atoms with Crippen molar-refractivity contribution >= 4 is 17.4 Å². The molecule has 150 valence electrons. The van der Waals surface area contributed by atoms with Crippen LogP contribution in [-0.4, -0.2) is 15.8 Å². The lowest BCUT2D eigenvalue weighted by Gasteiger charge is -2.10. The van der Waals surface area contributed by atoms with Gasteiger partial charge in [0.25, 0.3) is 11.6 Å². The third-order valence-corrected chi connectivity index (χ3v) is 4.53. The molecule has 0 fully saturated rings. The van der Waals surface area contributed by atoms with Crippen molar-refractivity contribution in [3.63, 3.8) is 0 Å². The number of hydrogen-bond acceptors (Lipinski definition) is 6. The lowest BCUT2D eigenvalue weighted by Crippen LogP contribution is -2.12. The van der Waals surface area contributed by atoms with Gasteiger partial charge in [0.2, 0.25) is 0 Å². The summed E-state index contributed by atoms with van der Waals surface area (Å²) in [4.78, 5) is 26.1. The number of rotatable bonds is 8. The Morgan fingerprint density at radius 1 is 1.21 bits per heavy atom. The highest BCUT2D eigenvalue weighted by Gasteiger charge is 2.14. The number of nitrogens with one attached hydrogen (secondary N) is 1. The molecule has 2 heterocycles. The van der Waals surface area contributed by atoms with Crippen molar-refractivity contribution < 1.29 is 18.9 Å². The van der Waals surface area contributed by atoms with Crippen LogP contribution in [0.25, 0.3) is 0 Å². The van der Waals surface area contributed by atoms with Crippen LogP contribution in [0.3, 0.4) is 0 Å². The first-order valence-electron chi connectivity index (χ1n) is 9.19. The van der Waals surface area contributed by atoms with Gasteiger partial charge in [0.05, 0.1) is 4.92 Å². The van der Waals surface area contributed by atoms with E-state index >= 15 is 0 Å². The zero-order valence-corrected chi connectivity index (χ0v) is 16.1. The average molecular weight is 395 g/mol. The zero-order chi connectivity index (χ0) is 20.8. The second-order valence-corrected chi connectivity index (χ2v) is 6.55. The van der Waals surface area contributed by atoms with Gasteiger partial charge in [0.15, 0.2) is 5.76 Å². The fourth-order valence-electron chi connectivity index (χ4n) is 2.61. The molecule has 8 heteroatoms. The fourth-order valence-corrected chi connectivity index (χ4v) is 2.61. The molecule has 29 heavy (non-hydrogen) atoms. The van der Waals surface area contributed by atoms with Crippen LogP contribution in [0.1, 0.15) is 48.1 Å². The molecular formula is C21H21N3O5. The minimum absolute atomic E-state index is 0.0934. The SMILES string of the molecule is CC[C@@H](C)c1ccc(OCc2ccc(C(=O)Nc3ccc([N+](=O)[O-])cn3)o2)cc1. The number of anilines is 1. The molecule has 3 rings (SSSR count). The Labute approximate surface area is 167 Å². The van der Waals surface area contributed by atoms with E-state index in [1.807, 2.05) is 24.3 Å². The number of carbonyl (C=O) groups is 1. The molecule has 0 saturated heterocycles. The van der Waals surface area contributed by atoms with E-state index in [1.54, 1.807) is 6.07 Å². The number of nitrogens with zero attached hydrogens (tertiary/aromatic N) is 2. The number of hydrogen-bond donors (Lipinski definition) is 1. The first-order valence-corrected chi connectivity index (χ1v) is 9.19. The summed E-state index contributed by atoms with van der Waals surface area (Å²) >= 11 is 0. The Bertz CT molecular complexity index is 980. The van der Waals surface area contributed by atoms with Crippen molar-refractivity contribution in [2.24, 2.45) is 0 Å². The van der Waals surface area contributed by atoms with E-state index in [0.29, 0.717) is 11.7 Å². The van der Waals surface area contributed by atoms with Crippen LogP contribution in [0.2, 0.25) is 0 Å². The quantitative estimate of drug-likeness (QED) is 0.428. The van der Waals surface area contributed by atoms with Crippen LogP contribution in [0, 0.1) is 10.1 Å². The first-order chi connectivity index (χ1) is 14.0. The Morgan fingerprint density at radius 3 is 2.59 bits per heavy atom. The number of amides is 1. The van der Waals surface area contributed by atoms with E-state index in [9.17, 15) is 14.9 Å². The molecule has 0 unspecified atom stereocenters. The molecule has 1 aromatic carbocycles. The summed E-state index contributed by atoms with van der Waals surface area (Å²) in [5.74, 6) is 1.50. The Morgan fingerprint density at radius 2 is 1.97 bits per heavy atom. The van der Waals surface area contributed by atoms with Crippen molar-refractivity contribution in [1.29, 1.82) is 0 Å². The first kappa shape index (κ1) is 20.1. The number of carbonyl (C=O) groups excluding carboxylic acids is 1. The maximum Gasteiger partial charge on any atom is 0.292 e. The molecule has 0 saturated carbocycles. The molecule has 0 bridgehead atoms. The summed E-state index contributed by atoms with van der Waals surface area (Å²) in [6.07, 6.45) is 2.15. The van der Waals surface area contributed by atoms with E-state index in [0.717, 1.165) is 18.4 Å². The molecule has 0 aliphatic carbocycles. The lowest BCUT2D eigenvalue weighted by molar-refractivity contribution is -0.385. The maximum absolute atomic E-state index is 12.2. The van der Waals surface area contributed by atoms with Crippen LogP contribution in [0.15, 0.2) is 59.1 Å². The maximum atomic E-state index is 12.2. The Balaban J connectivity index is 1.55. The molecule has 0 spiro atoms. The van der Waals surface area contributed by atoms with Crippen LogP contribution in [0.5, 0.6) is 5.75 Å². The monoisotopic (exact) mass is 395 g/mol. The molecule has 0 aliphatic rings. The molecular weight excluding hydrogens is 374 g/mol. The van der Waals surface area contributed by atoms with Gasteiger partial charge in [-0.1, -0.05) is 26.0 Å². The van der Waals surface area contributed by atoms with Gasteiger partial charge >= 0.3 is 0 Å². The number of aromatic nitrogens is 1.